The van der Waals surface area contributed by atoms with Crippen LogP contribution in [0.1, 0.15) is 40.0 Å². The summed E-state index contributed by atoms with van der Waals surface area (Å²) in [7, 11) is 0. The Balaban J connectivity index is 2.02. The van der Waals surface area contributed by atoms with Crippen molar-refractivity contribution in [2.75, 3.05) is 6.61 Å². The van der Waals surface area contributed by atoms with E-state index in [1.165, 1.54) is 0 Å². The minimum atomic E-state index is -0.712. The molecule has 0 saturated heterocycles. The van der Waals surface area contributed by atoms with Crippen LogP contribution in [-0.2, 0) is 0 Å². The molecule has 104 valence electrons. The number of aliphatic hydroxyl groups excluding tert-OH is 2. The van der Waals surface area contributed by atoms with Crippen molar-refractivity contribution in [3.05, 3.63) is 0 Å². The Kier molecular flexibility index (Phi) is 2.66. The van der Waals surface area contributed by atoms with Gasteiger partial charge in [-0.05, 0) is 49.9 Å². The molecule has 0 amide bonds. The van der Waals surface area contributed by atoms with E-state index in [1.807, 2.05) is 6.92 Å². The zero-order valence-electron chi connectivity index (χ0n) is 11.6. The first-order chi connectivity index (χ1) is 8.36. The first-order valence-corrected chi connectivity index (χ1v) is 7.37. The summed E-state index contributed by atoms with van der Waals surface area (Å²) in [5, 5.41) is 31.1. The Hall–Kier alpha value is -0.120. The molecule has 0 heterocycles. The minimum absolute atomic E-state index is 0.0287. The summed E-state index contributed by atoms with van der Waals surface area (Å²) in [6, 6.07) is 0. The molecule has 0 unspecified atom stereocenters. The molecule has 3 nitrogen and oxygen atoms in total. The van der Waals surface area contributed by atoms with Gasteiger partial charge in [0, 0.05) is 11.3 Å². The molecule has 4 aliphatic carbocycles. The normalized spacial score (nSPS) is 58.5. The first-order valence-electron chi connectivity index (χ1n) is 7.37. The van der Waals surface area contributed by atoms with Crippen LogP contribution in [0.2, 0.25) is 0 Å². The number of hydrogen-bond donors (Lipinski definition) is 3. The molecule has 0 spiro atoms. The van der Waals surface area contributed by atoms with Crippen molar-refractivity contribution < 1.29 is 15.3 Å². The average Bonchev–Trinajstić information content (AvgIpc) is 2.26. The molecule has 4 saturated carbocycles. The van der Waals surface area contributed by atoms with Crippen LogP contribution >= 0.6 is 0 Å². The minimum Gasteiger partial charge on any atom is -0.396 e. The van der Waals surface area contributed by atoms with Gasteiger partial charge in [0.1, 0.15) is 0 Å². The first kappa shape index (κ1) is 12.9. The van der Waals surface area contributed by atoms with E-state index in [1.54, 1.807) is 0 Å². The molecule has 0 radical (unpaired) electrons. The lowest BCUT2D eigenvalue weighted by Crippen LogP contribution is -2.78. The summed E-state index contributed by atoms with van der Waals surface area (Å²) in [6.45, 7) is 6.36. The van der Waals surface area contributed by atoms with Gasteiger partial charge in [-0.15, -0.1) is 0 Å². The highest BCUT2D eigenvalue weighted by Gasteiger charge is 2.75. The van der Waals surface area contributed by atoms with Gasteiger partial charge in [0.05, 0.1) is 18.3 Å². The van der Waals surface area contributed by atoms with Crippen LogP contribution in [0.25, 0.3) is 0 Å². The maximum absolute atomic E-state index is 10.7. The van der Waals surface area contributed by atoms with Gasteiger partial charge in [0.15, 0.2) is 0 Å². The second-order valence-corrected chi connectivity index (χ2v) is 7.49. The predicted octanol–water partition coefficient (Wildman–Crippen LogP) is 1.41. The molecule has 4 fully saturated rings. The van der Waals surface area contributed by atoms with Crippen molar-refractivity contribution in [3.8, 4) is 0 Å². The SMILES string of the molecule is CC(C)[C@@H]1C[C@H](O)[C@@]2(CO)[C@@H]3CC[C@](C)(O)[C@H]2[C@@H]31. The molecule has 4 rings (SSSR count). The second-order valence-electron chi connectivity index (χ2n) is 7.49. The summed E-state index contributed by atoms with van der Waals surface area (Å²) in [6.07, 6.45) is 2.13. The molecule has 7 atom stereocenters. The number of aliphatic hydroxyl groups is 3. The van der Waals surface area contributed by atoms with Gasteiger partial charge in [-0.2, -0.15) is 0 Å². The molecule has 0 aromatic rings. The standard InChI is InChI=1S/C15H26O3/c1-8(2)9-6-11(17)15(7-16)10-4-5-14(3,18)13(15)12(9)10/h8-13,16-18H,4-7H2,1-3H3/t9-,10+,11-,12+,13+,14-,15+/m0/s1. The van der Waals surface area contributed by atoms with Crippen LogP contribution in [0.5, 0.6) is 0 Å². The van der Waals surface area contributed by atoms with E-state index < -0.39 is 17.1 Å². The predicted molar refractivity (Wildman–Crippen MR) is 68.8 cm³/mol. The summed E-state index contributed by atoms with van der Waals surface area (Å²) >= 11 is 0. The van der Waals surface area contributed by atoms with E-state index in [2.05, 4.69) is 13.8 Å². The van der Waals surface area contributed by atoms with Crippen molar-refractivity contribution in [3.63, 3.8) is 0 Å². The summed E-state index contributed by atoms with van der Waals surface area (Å²) in [5.41, 5.74) is -1.12. The highest BCUT2D eigenvalue weighted by molar-refractivity contribution is 5.23. The fraction of sp³-hybridized carbons (Fsp3) is 1.00. The number of rotatable bonds is 2. The van der Waals surface area contributed by atoms with Crippen LogP contribution < -0.4 is 0 Å². The number of hydrogen-bond acceptors (Lipinski definition) is 3. The quantitative estimate of drug-likeness (QED) is 0.698. The maximum atomic E-state index is 10.7. The Bertz CT molecular complexity index is 352. The zero-order chi connectivity index (χ0) is 13.3. The highest BCUT2D eigenvalue weighted by Crippen LogP contribution is 2.73. The zero-order valence-corrected chi connectivity index (χ0v) is 11.6. The average molecular weight is 254 g/mol. The van der Waals surface area contributed by atoms with Gasteiger partial charge in [-0.25, -0.2) is 0 Å². The number of fused-ring (bicyclic) bond motifs is 2. The van der Waals surface area contributed by atoms with Gasteiger partial charge in [0.2, 0.25) is 0 Å². The lowest BCUT2D eigenvalue weighted by molar-refractivity contribution is -0.342. The lowest BCUT2D eigenvalue weighted by Gasteiger charge is -2.75. The Labute approximate surface area is 109 Å². The second kappa shape index (κ2) is 3.71. The molecule has 3 N–H and O–H groups in total. The van der Waals surface area contributed by atoms with Gasteiger partial charge < -0.3 is 15.3 Å². The van der Waals surface area contributed by atoms with Gasteiger partial charge >= 0.3 is 0 Å². The molecule has 18 heavy (non-hydrogen) atoms. The summed E-state index contributed by atoms with van der Waals surface area (Å²) in [5.74, 6) is 2.05. The van der Waals surface area contributed by atoms with Gasteiger partial charge in [-0.3, -0.25) is 0 Å². The van der Waals surface area contributed by atoms with Gasteiger partial charge in [-0.1, -0.05) is 13.8 Å². The summed E-state index contributed by atoms with van der Waals surface area (Å²) < 4.78 is 0. The third kappa shape index (κ3) is 1.26. The van der Waals surface area contributed by atoms with Crippen molar-refractivity contribution in [2.24, 2.45) is 35.0 Å². The molecular weight excluding hydrogens is 228 g/mol. The molecular formula is C15H26O3. The van der Waals surface area contributed by atoms with Crippen LogP contribution in [0.3, 0.4) is 0 Å². The topological polar surface area (TPSA) is 60.7 Å². The van der Waals surface area contributed by atoms with E-state index in [0.717, 1.165) is 19.3 Å². The van der Waals surface area contributed by atoms with E-state index in [-0.39, 0.29) is 12.5 Å². The Morgan fingerprint density at radius 3 is 2.50 bits per heavy atom. The van der Waals surface area contributed by atoms with Crippen molar-refractivity contribution >= 4 is 0 Å². The van der Waals surface area contributed by atoms with Crippen LogP contribution in [-0.4, -0.2) is 33.6 Å². The molecule has 3 heteroatoms. The van der Waals surface area contributed by atoms with Crippen molar-refractivity contribution in [1.82, 2.24) is 0 Å². The Morgan fingerprint density at radius 1 is 1.33 bits per heavy atom. The molecule has 4 aliphatic rings. The fourth-order valence-corrected chi connectivity index (χ4v) is 5.79. The highest BCUT2D eigenvalue weighted by atomic mass is 16.3. The van der Waals surface area contributed by atoms with E-state index in [0.29, 0.717) is 23.7 Å². The molecule has 0 aromatic heterocycles. The van der Waals surface area contributed by atoms with Crippen molar-refractivity contribution in [2.45, 2.75) is 51.7 Å². The Morgan fingerprint density at radius 2 is 2.00 bits per heavy atom. The van der Waals surface area contributed by atoms with Gasteiger partial charge in [0.25, 0.3) is 0 Å². The molecule has 4 bridgehead atoms. The smallest absolute Gasteiger partial charge is 0.0658 e. The van der Waals surface area contributed by atoms with E-state index in [4.69, 9.17) is 0 Å². The monoisotopic (exact) mass is 254 g/mol. The molecule has 0 aliphatic heterocycles. The largest absolute Gasteiger partial charge is 0.396 e. The maximum Gasteiger partial charge on any atom is 0.0658 e. The lowest BCUT2D eigenvalue weighted by atomic mass is 9.30. The van der Waals surface area contributed by atoms with Crippen LogP contribution in [0.4, 0.5) is 0 Å². The van der Waals surface area contributed by atoms with E-state index in [9.17, 15) is 15.3 Å². The third-order valence-electron chi connectivity index (χ3n) is 6.49. The van der Waals surface area contributed by atoms with Crippen LogP contribution in [0, 0.1) is 35.0 Å². The summed E-state index contributed by atoms with van der Waals surface area (Å²) in [4.78, 5) is 0. The third-order valence-corrected chi connectivity index (χ3v) is 6.49. The van der Waals surface area contributed by atoms with Crippen molar-refractivity contribution in [1.29, 1.82) is 0 Å². The molecule has 0 aromatic carbocycles. The van der Waals surface area contributed by atoms with Crippen LogP contribution in [0.15, 0.2) is 0 Å². The fourth-order valence-electron chi connectivity index (χ4n) is 5.79. The van der Waals surface area contributed by atoms with E-state index >= 15 is 0 Å².